The van der Waals surface area contributed by atoms with Gasteiger partial charge in [-0.1, -0.05) is 19.9 Å². The third-order valence-corrected chi connectivity index (χ3v) is 1.48. The van der Waals surface area contributed by atoms with Crippen molar-refractivity contribution in [3.05, 3.63) is 30.2 Å². The van der Waals surface area contributed by atoms with Gasteiger partial charge >= 0.3 is 0 Å². The smallest absolute Gasteiger partial charge is 0.156 e. The molecule has 2 heterocycles. The van der Waals surface area contributed by atoms with Crippen LogP contribution in [-0.4, -0.2) is 25.2 Å². The lowest BCUT2D eigenvalue weighted by atomic mass is 10.3. The third kappa shape index (κ3) is 2.35. The van der Waals surface area contributed by atoms with Crippen LogP contribution < -0.4 is 0 Å². The second kappa shape index (κ2) is 5.06. The fourth-order valence-electron chi connectivity index (χ4n) is 0.862. The molecule has 0 N–H and O–H groups in total. The summed E-state index contributed by atoms with van der Waals surface area (Å²) < 4.78 is 1.51. The summed E-state index contributed by atoms with van der Waals surface area (Å²) in [4.78, 5) is 4.14. The van der Waals surface area contributed by atoms with Gasteiger partial charge in [0.1, 0.15) is 6.33 Å². The Hall–Kier alpha value is -1.78. The molecular weight excluding hydrogens is 178 g/mol. The topological polar surface area (TPSA) is 56.5 Å². The van der Waals surface area contributed by atoms with Crippen molar-refractivity contribution in [2.24, 2.45) is 0 Å². The van der Waals surface area contributed by atoms with Crippen molar-refractivity contribution in [3.63, 3.8) is 0 Å². The predicted octanol–water partition coefficient (Wildman–Crippen LogP) is 1.39. The fraction of sp³-hybridized carbons (Fsp3) is 0.333. The highest BCUT2D eigenvalue weighted by Gasteiger charge is 1.96. The molecule has 2 aromatic heterocycles. The number of hydrogen-bond acceptors (Lipinski definition) is 4. The highest BCUT2D eigenvalue weighted by atomic mass is 15.5. The molecule has 0 aliphatic rings. The number of nitrogens with zero attached hydrogens (tertiary/aromatic N) is 5. The summed E-state index contributed by atoms with van der Waals surface area (Å²) in [6.07, 6.45) is 3.29. The van der Waals surface area contributed by atoms with E-state index in [4.69, 9.17) is 0 Å². The van der Waals surface area contributed by atoms with Crippen LogP contribution in [0.4, 0.5) is 0 Å². The van der Waals surface area contributed by atoms with Gasteiger partial charge in [0.15, 0.2) is 5.82 Å². The molecule has 0 aliphatic heterocycles. The number of pyridine rings is 1. The predicted molar refractivity (Wildman–Crippen MR) is 53.0 cm³/mol. The summed E-state index contributed by atoms with van der Waals surface area (Å²) in [5.74, 6) is 0.727. The maximum absolute atomic E-state index is 4.14. The van der Waals surface area contributed by atoms with Gasteiger partial charge in [-0.25, -0.2) is 4.98 Å². The number of tetrazole rings is 1. The Morgan fingerprint density at radius 2 is 2.00 bits per heavy atom. The van der Waals surface area contributed by atoms with Gasteiger partial charge in [0.05, 0.1) is 0 Å². The van der Waals surface area contributed by atoms with E-state index in [1.54, 1.807) is 6.20 Å². The van der Waals surface area contributed by atoms with Crippen LogP contribution in [0, 0.1) is 6.92 Å². The van der Waals surface area contributed by atoms with Crippen LogP contribution in [0.25, 0.3) is 5.82 Å². The zero-order valence-corrected chi connectivity index (χ0v) is 8.55. The standard InChI is InChI=1S/C7H7N5.C2H6/c1-6-2-3-7(8-4-6)12-5-9-10-11-12;1-2/h2-5H,1H3;1-2H3. The first kappa shape index (κ1) is 10.3. The second-order valence-electron chi connectivity index (χ2n) is 2.45. The van der Waals surface area contributed by atoms with E-state index in [0.29, 0.717) is 0 Å². The summed E-state index contributed by atoms with van der Waals surface area (Å²) in [6, 6.07) is 3.83. The Bertz CT molecular complexity index is 351. The minimum atomic E-state index is 0.727. The van der Waals surface area contributed by atoms with E-state index in [2.05, 4.69) is 20.5 Å². The first-order chi connectivity index (χ1) is 6.86. The first-order valence-electron chi connectivity index (χ1n) is 4.52. The molecule has 0 aromatic carbocycles. The minimum Gasteiger partial charge on any atom is -0.237 e. The van der Waals surface area contributed by atoms with Crippen molar-refractivity contribution in [1.82, 2.24) is 25.2 Å². The average Bonchev–Trinajstić information content (AvgIpc) is 2.75. The SMILES string of the molecule is CC.Cc1ccc(-n2cnnn2)nc1. The van der Waals surface area contributed by atoms with Gasteiger partial charge in [0.2, 0.25) is 0 Å². The molecule has 2 rings (SSSR count). The van der Waals surface area contributed by atoms with Crippen molar-refractivity contribution >= 4 is 0 Å². The van der Waals surface area contributed by atoms with E-state index < -0.39 is 0 Å². The highest BCUT2D eigenvalue weighted by molar-refractivity contribution is 5.22. The van der Waals surface area contributed by atoms with Gasteiger partial charge in [-0.15, -0.1) is 5.10 Å². The van der Waals surface area contributed by atoms with E-state index in [1.165, 1.54) is 11.0 Å². The summed E-state index contributed by atoms with van der Waals surface area (Å²) in [5.41, 5.74) is 1.12. The summed E-state index contributed by atoms with van der Waals surface area (Å²) in [7, 11) is 0. The zero-order valence-electron chi connectivity index (χ0n) is 8.55. The Labute approximate surface area is 82.8 Å². The molecule has 0 saturated heterocycles. The highest BCUT2D eigenvalue weighted by Crippen LogP contribution is 2.01. The van der Waals surface area contributed by atoms with Gasteiger partial charge < -0.3 is 0 Å². The Morgan fingerprint density at radius 3 is 2.50 bits per heavy atom. The van der Waals surface area contributed by atoms with Crippen molar-refractivity contribution in [2.45, 2.75) is 20.8 Å². The number of hydrogen-bond donors (Lipinski definition) is 0. The van der Waals surface area contributed by atoms with Crippen LogP contribution in [0.15, 0.2) is 24.7 Å². The van der Waals surface area contributed by atoms with E-state index in [-0.39, 0.29) is 0 Å². The van der Waals surface area contributed by atoms with Crippen LogP contribution in [0.5, 0.6) is 0 Å². The third-order valence-electron chi connectivity index (χ3n) is 1.48. The summed E-state index contributed by atoms with van der Waals surface area (Å²) in [6.45, 7) is 5.98. The molecule has 0 bridgehead atoms. The number of rotatable bonds is 1. The lowest BCUT2D eigenvalue weighted by Gasteiger charge is -1.96. The van der Waals surface area contributed by atoms with Crippen molar-refractivity contribution < 1.29 is 0 Å². The maximum atomic E-state index is 4.14. The molecule has 74 valence electrons. The molecule has 0 radical (unpaired) electrons. The van der Waals surface area contributed by atoms with Crippen LogP contribution in [0.1, 0.15) is 19.4 Å². The van der Waals surface area contributed by atoms with Gasteiger partial charge in [-0.05, 0) is 29.0 Å². The van der Waals surface area contributed by atoms with Crippen LogP contribution in [0.3, 0.4) is 0 Å². The van der Waals surface area contributed by atoms with Crippen molar-refractivity contribution in [2.75, 3.05) is 0 Å². The molecule has 0 amide bonds. The van der Waals surface area contributed by atoms with Crippen LogP contribution in [-0.2, 0) is 0 Å². The lowest BCUT2D eigenvalue weighted by Crippen LogP contribution is -1.97. The molecule has 0 unspecified atom stereocenters. The van der Waals surface area contributed by atoms with Gasteiger partial charge in [-0.3, -0.25) is 0 Å². The van der Waals surface area contributed by atoms with E-state index in [1.807, 2.05) is 32.9 Å². The zero-order chi connectivity index (χ0) is 10.4. The van der Waals surface area contributed by atoms with E-state index in [9.17, 15) is 0 Å². The first-order valence-corrected chi connectivity index (χ1v) is 4.52. The molecule has 0 spiro atoms. The lowest BCUT2D eigenvalue weighted by molar-refractivity contribution is 0.770. The molecular formula is C9H13N5. The normalized spacial score (nSPS) is 9.07. The fourth-order valence-corrected chi connectivity index (χ4v) is 0.862. The molecule has 14 heavy (non-hydrogen) atoms. The number of aryl methyl sites for hydroxylation is 1. The molecule has 5 heteroatoms. The van der Waals surface area contributed by atoms with E-state index in [0.717, 1.165) is 11.4 Å². The van der Waals surface area contributed by atoms with Crippen molar-refractivity contribution in [3.8, 4) is 5.82 Å². The van der Waals surface area contributed by atoms with Crippen LogP contribution in [0.2, 0.25) is 0 Å². The van der Waals surface area contributed by atoms with Gasteiger partial charge in [-0.2, -0.15) is 4.68 Å². The molecule has 2 aromatic rings. The van der Waals surface area contributed by atoms with E-state index >= 15 is 0 Å². The monoisotopic (exact) mass is 191 g/mol. The molecule has 5 nitrogen and oxygen atoms in total. The molecule has 0 atom stereocenters. The average molecular weight is 191 g/mol. The summed E-state index contributed by atoms with van der Waals surface area (Å²) in [5, 5.41) is 10.7. The largest absolute Gasteiger partial charge is 0.237 e. The van der Waals surface area contributed by atoms with Crippen molar-refractivity contribution in [1.29, 1.82) is 0 Å². The molecule has 0 aliphatic carbocycles. The Kier molecular flexibility index (Phi) is 3.72. The minimum absolute atomic E-state index is 0.727. The second-order valence-corrected chi connectivity index (χ2v) is 2.45. The summed E-state index contributed by atoms with van der Waals surface area (Å²) >= 11 is 0. The molecule has 0 saturated carbocycles. The Balaban J connectivity index is 0.000000461. The Morgan fingerprint density at radius 1 is 1.21 bits per heavy atom. The van der Waals surface area contributed by atoms with Gasteiger partial charge in [0, 0.05) is 6.20 Å². The van der Waals surface area contributed by atoms with Gasteiger partial charge in [0.25, 0.3) is 0 Å². The number of aromatic nitrogens is 5. The molecule has 0 fully saturated rings. The quantitative estimate of drug-likeness (QED) is 0.683. The van der Waals surface area contributed by atoms with Crippen LogP contribution >= 0.6 is 0 Å². The maximum Gasteiger partial charge on any atom is 0.156 e.